The molecule has 2 rings (SSSR count). The fraction of sp³-hybridized carbons (Fsp3) is 0.357. The molecule has 0 aliphatic rings. The molecule has 0 saturated heterocycles. The number of hydrogen-bond acceptors (Lipinski definition) is 3. The third-order valence-corrected chi connectivity index (χ3v) is 3.74. The van der Waals surface area contributed by atoms with Crippen LogP contribution in [0.4, 0.5) is 0 Å². The van der Waals surface area contributed by atoms with Crippen LogP contribution in [0, 0.1) is 13.8 Å². The molecule has 21 heavy (non-hydrogen) atoms. The predicted octanol–water partition coefficient (Wildman–Crippen LogP) is 1.51. The van der Waals surface area contributed by atoms with E-state index in [4.69, 9.17) is 11.6 Å². The summed E-state index contributed by atoms with van der Waals surface area (Å²) in [6, 6.07) is 1.81. The van der Waals surface area contributed by atoms with E-state index in [1.807, 2.05) is 25.3 Å². The van der Waals surface area contributed by atoms with E-state index in [2.05, 4.69) is 4.98 Å². The number of hydrogen-bond donors (Lipinski definition) is 1. The van der Waals surface area contributed by atoms with Crippen molar-refractivity contribution in [2.45, 2.75) is 33.9 Å². The van der Waals surface area contributed by atoms with Crippen LogP contribution in [0.3, 0.4) is 0 Å². The second-order valence-electron chi connectivity index (χ2n) is 4.82. The maximum atomic E-state index is 12.4. The Morgan fingerprint density at radius 2 is 2.00 bits per heavy atom. The van der Waals surface area contributed by atoms with Crippen LogP contribution in [0.5, 0.6) is 0 Å². The van der Waals surface area contributed by atoms with Gasteiger partial charge in [0.2, 0.25) is 0 Å². The van der Waals surface area contributed by atoms with E-state index in [9.17, 15) is 14.4 Å². The van der Waals surface area contributed by atoms with Gasteiger partial charge in [-0.05, 0) is 26.8 Å². The van der Waals surface area contributed by atoms with E-state index in [-0.39, 0.29) is 17.4 Å². The van der Waals surface area contributed by atoms with Crippen LogP contribution in [0.1, 0.15) is 28.7 Å². The second kappa shape index (κ2) is 5.73. The Morgan fingerprint density at radius 3 is 2.57 bits per heavy atom. The monoisotopic (exact) mass is 309 g/mol. The summed E-state index contributed by atoms with van der Waals surface area (Å²) in [7, 11) is 0. The van der Waals surface area contributed by atoms with Gasteiger partial charge in [-0.1, -0.05) is 11.6 Å². The highest BCUT2D eigenvalue weighted by Crippen LogP contribution is 2.16. The third kappa shape index (κ3) is 2.85. The summed E-state index contributed by atoms with van der Waals surface area (Å²) in [6.45, 7) is 6.40. The number of ketones is 1. The summed E-state index contributed by atoms with van der Waals surface area (Å²) >= 11 is 5.68. The van der Waals surface area contributed by atoms with Gasteiger partial charge in [0.15, 0.2) is 5.78 Å². The van der Waals surface area contributed by atoms with Crippen molar-refractivity contribution in [3.63, 3.8) is 0 Å². The minimum absolute atomic E-state index is 0.124. The zero-order valence-electron chi connectivity index (χ0n) is 12.1. The number of H-pyrrole nitrogens is 1. The molecule has 0 unspecified atom stereocenters. The lowest BCUT2D eigenvalue weighted by Gasteiger charge is -2.07. The first-order chi connectivity index (χ1) is 9.85. The Labute approximate surface area is 126 Å². The lowest BCUT2D eigenvalue weighted by Crippen LogP contribution is -2.31. The van der Waals surface area contributed by atoms with E-state index >= 15 is 0 Å². The molecular formula is C14H16ClN3O3. The highest BCUT2D eigenvalue weighted by molar-refractivity contribution is 6.30. The largest absolute Gasteiger partial charge is 0.349 e. The Balaban J connectivity index is 2.37. The van der Waals surface area contributed by atoms with Crippen LogP contribution in [0.2, 0.25) is 5.02 Å². The van der Waals surface area contributed by atoms with Crippen molar-refractivity contribution < 1.29 is 4.79 Å². The van der Waals surface area contributed by atoms with Gasteiger partial charge in [-0.3, -0.25) is 19.1 Å². The summed E-state index contributed by atoms with van der Waals surface area (Å²) in [4.78, 5) is 37.3. The number of carbonyl (C=O) groups is 1. The summed E-state index contributed by atoms with van der Waals surface area (Å²) in [5, 5.41) is -0.124. The lowest BCUT2D eigenvalue weighted by atomic mass is 10.1. The molecule has 2 aromatic rings. The molecule has 7 heteroatoms. The number of Topliss-reactive ketones (excluding diaryl/α,β-unsaturated/α-hetero) is 1. The van der Waals surface area contributed by atoms with Crippen molar-refractivity contribution >= 4 is 17.4 Å². The summed E-state index contributed by atoms with van der Waals surface area (Å²) in [6.07, 6.45) is 1.18. The van der Waals surface area contributed by atoms with Gasteiger partial charge in [-0.2, -0.15) is 0 Å². The van der Waals surface area contributed by atoms with Crippen molar-refractivity contribution in [3.05, 3.63) is 55.1 Å². The van der Waals surface area contributed by atoms with E-state index < -0.39 is 11.2 Å². The highest BCUT2D eigenvalue weighted by Gasteiger charge is 2.16. The molecular weight excluding hydrogens is 294 g/mol. The Bertz CT molecular complexity index is 814. The van der Waals surface area contributed by atoms with Gasteiger partial charge in [0.25, 0.3) is 5.56 Å². The van der Waals surface area contributed by atoms with Crippen LogP contribution in [-0.4, -0.2) is 19.9 Å². The van der Waals surface area contributed by atoms with Crippen LogP contribution in [0.25, 0.3) is 0 Å². The van der Waals surface area contributed by atoms with Gasteiger partial charge < -0.3 is 4.57 Å². The van der Waals surface area contributed by atoms with E-state index in [1.165, 1.54) is 6.20 Å². The van der Waals surface area contributed by atoms with Crippen molar-refractivity contribution in [2.75, 3.05) is 0 Å². The van der Waals surface area contributed by atoms with E-state index in [0.29, 0.717) is 5.56 Å². The molecule has 0 spiro atoms. The molecule has 0 radical (unpaired) electrons. The molecule has 2 heterocycles. The van der Waals surface area contributed by atoms with Crippen LogP contribution in [0.15, 0.2) is 21.9 Å². The fourth-order valence-corrected chi connectivity index (χ4v) is 2.58. The average molecular weight is 310 g/mol. The summed E-state index contributed by atoms with van der Waals surface area (Å²) in [5.74, 6) is -0.201. The van der Waals surface area contributed by atoms with Crippen LogP contribution in [-0.2, 0) is 13.1 Å². The lowest BCUT2D eigenvalue weighted by molar-refractivity contribution is 0.0969. The first kappa shape index (κ1) is 15.3. The molecule has 0 aliphatic carbocycles. The van der Waals surface area contributed by atoms with Gasteiger partial charge >= 0.3 is 5.69 Å². The van der Waals surface area contributed by atoms with E-state index in [1.54, 1.807) is 6.07 Å². The standard InChI is InChI=1S/C14H16ClN3O3/c1-4-18-8(2)5-10(9(18)3)12(19)7-17-6-11(15)13(20)16-14(17)21/h5-6H,4,7H2,1-3H3,(H,16,20,21). The molecule has 0 aliphatic heterocycles. The fourth-order valence-electron chi connectivity index (χ4n) is 2.41. The Hall–Kier alpha value is -2.08. The highest BCUT2D eigenvalue weighted by atomic mass is 35.5. The number of rotatable bonds is 4. The minimum Gasteiger partial charge on any atom is -0.349 e. The van der Waals surface area contributed by atoms with E-state index in [0.717, 1.165) is 22.5 Å². The number of halogens is 1. The second-order valence-corrected chi connectivity index (χ2v) is 5.22. The Kier molecular flexibility index (Phi) is 4.18. The van der Waals surface area contributed by atoms with Crippen LogP contribution >= 0.6 is 11.6 Å². The summed E-state index contributed by atoms with van der Waals surface area (Å²) < 4.78 is 3.12. The smallest absolute Gasteiger partial charge is 0.328 e. The molecule has 0 atom stereocenters. The number of aromatic amines is 1. The van der Waals surface area contributed by atoms with Crippen molar-refractivity contribution in [1.29, 1.82) is 0 Å². The zero-order chi connectivity index (χ0) is 15.7. The molecule has 2 aromatic heterocycles. The predicted molar refractivity (Wildman–Crippen MR) is 80.2 cm³/mol. The number of nitrogens with one attached hydrogen (secondary N) is 1. The van der Waals surface area contributed by atoms with Gasteiger partial charge in [0, 0.05) is 29.7 Å². The van der Waals surface area contributed by atoms with Crippen molar-refractivity contribution in [2.24, 2.45) is 0 Å². The molecule has 0 aromatic carbocycles. The molecule has 112 valence electrons. The number of nitrogens with zero attached hydrogens (tertiary/aromatic N) is 2. The zero-order valence-corrected chi connectivity index (χ0v) is 12.8. The summed E-state index contributed by atoms with van der Waals surface area (Å²) in [5.41, 5.74) is 1.12. The molecule has 1 N–H and O–H groups in total. The normalized spacial score (nSPS) is 10.9. The van der Waals surface area contributed by atoms with Crippen LogP contribution < -0.4 is 11.2 Å². The number of carbonyl (C=O) groups excluding carboxylic acids is 1. The Morgan fingerprint density at radius 1 is 1.33 bits per heavy atom. The first-order valence-electron chi connectivity index (χ1n) is 6.54. The van der Waals surface area contributed by atoms with Crippen molar-refractivity contribution in [1.82, 2.24) is 14.1 Å². The topological polar surface area (TPSA) is 76.9 Å². The first-order valence-corrected chi connectivity index (χ1v) is 6.92. The molecule has 0 fully saturated rings. The minimum atomic E-state index is -0.658. The maximum absolute atomic E-state index is 12.4. The molecule has 0 bridgehead atoms. The number of aryl methyl sites for hydroxylation is 1. The molecule has 6 nitrogen and oxygen atoms in total. The van der Waals surface area contributed by atoms with Gasteiger partial charge in [-0.15, -0.1) is 0 Å². The van der Waals surface area contributed by atoms with Gasteiger partial charge in [-0.25, -0.2) is 4.79 Å². The quantitative estimate of drug-likeness (QED) is 0.870. The number of aromatic nitrogens is 3. The van der Waals surface area contributed by atoms with Gasteiger partial charge in [0.1, 0.15) is 5.02 Å². The van der Waals surface area contributed by atoms with Crippen molar-refractivity contribution in [3.8, 4) is 0 Å². The third-order valence-electron chi connectivity index (χ3n) is 3.47. The average Bonchev–Trinajstić information content (AvgIpc) is 2.70. The van der Waals surface area contributed by atoms with Gasteiger partial charge in [0.05, 0.1) is 6.54 Å². The SMILES string of the molecule is CCn1c(C)cc(C(=O)Cn2cc(Cl)c(=O)[nH]c2=O)c1C. The maximum Gasteiger partial charge on any atom is 0.328 e. The molecule has 0 amide bonds. The molecule has 0 saturated carbocycles.